The van der Waals surface area contributed by atoms with Gasteiger partial charge in [0, 0.05) is 29.1 Å². The molecule has 0 aliphatic heterocycles. The topological polar surface area (TPSA) is 86.3 Å². The van der Waals surface area contributed by atoms with Gasteiger partial charge in [-0.05, 0) is 50.2 Å². The third-order valence-corrected chi connectivity index (χ3v) is 5.03. The van der Waals surface area contributed by atoms with Crippen molar-refractivity contribution in [3.05, 3.63) is 29.8 Å². The van der Waals surface area contributed by atoms with E-state index in [1.807, 2.05) is 0 Å². The molecule has 1 N–H and O–H groups in total. The zero-order valence-corrected chi connectivity index (χ0v) is 12.4. The molecule has 0 heterocycles. The molecule has 22 heavy (non-hydrogen) atoms. The summed E-state index contributed by atoms with van der Waals surface area (Å²) in [5.74, 6) is -2.49. The number of carbonyl (C=O) groups excluding carboxylic acids is 3. The summed E-state index contributed by atoms with van der Waals surface area (Å²) in [6.07, 6.45) is 2.57. The van der Waals surface area contributed by atoms with Gasteiger partial charge in [-0.3, -0.25) is 9.59 Å². The monoisotopic (exact) mass is 300 g/mol. The minimum atomic E-state index is -1.12. The van der Waals surface area contributed by atoms with Crippen LogP contribution in [0.5, 0.6) is 0 Å². The van der Waals surface area contributed by atoms with Crippen molar-refractivity contribution in [2.45, 2.75) is 26.2 Å². The van der Waals surface area contributed by atoms with Gasteiger partial charge in [0.15, 0.2) is 5.78 Å². The highest BCUT2D eigenvalue weighted by molar-refractivity contribution is 5.98. The summed E-state index contributed by atoms with van der Waals surface area (Å²) in [7, 11) is 0. The first-order valence-corrected chi connectivity index (χ1v) is 7.60. The summed E-state index contributed by atoms with van der Waals surface area (Å²) in [5.41, 5.74) is 1.04. The van der Waals surface area contributed by atoms with Crippen LogP contribution in [0, 0.1) is 23.7 Å². The van der Waals surface area contributed by atoms with Crippen LogP contribution in [0.2, 0.25) is 0 Å². The SMILES string of the molecule is CC(=O)c1cccc(NC(=O)C2C3CCC(C3)C2C(=O)[O-])c1. The molecule has 116 valence electrons. The Morgan fingerprint density at radius 2 is 1.82 bits per heavy atom. The fraction of sp³-hybridized carbons (Fsp3) is 0.471. The Bertz CT molecular complexity index is 639. The normalized spacial score (nSPS) is 29.3. The largest absolute Gasteiger partial charge is 0.550 e. The second kappa shape index (κ2) is 5.55. The molecule has 4 atom stereocenters. The molecule has 4 unspecified atom stereocenters. The number of fused-ring (bicyclic) bond motifs is 2. The fourth-order valence-corrected chi connectivity index (χ4v) is 4.05. The molecule has 3 rings (SSSR count). The van der Waals surface area contributed by atoms with Crippen LogP contribution >= 0.6 is 0 Å². The number of hydrogen-bond acceptors (Lipinski definition) is 4. The predicted octanol–water partition coefficient (Wildman–Crippen LogP) is 1.24. The quantitative estimate of drug-likeness (QED) is 0.848. The van der Waals surface area contributed by atoms with Crippen LogP contribution in [0.4, 0.5) is 5.69 Å². The Morgan fingerprint density at radius 1 is 1.14 bits per heavy atom. The van der Waals surface area contributed by atoms with Gasteiger partial charge < -0.3 is 15.2 Å². The van der Waals surface area contributed by atoms with Crippen LogP contribution in [-0.4, -0.2) is 17.7 Å². The molecule has 0 spiro atoms. The molecule has 0 aromatic heterocycles. The lowest BCUT2D eigenvalue weighted by Crippen LogP contribution is -2.43. The number of carboxylic acid groups (broad SMARTS) is 1. The first kappa shape index (κ1) is 14.8. The van der Waals surface area contributed by atoms with Crippen LogP contribution in [0.15, 0.2) is 24.3 Å². The van der Waals surface area contributed by atoms with Crippen LogP contribution in [0.25, 0.3) is 0 Å². The molecule has 2 bridgehead atoms. The van der Waals surface area contributed by atoms with Gasteiger partial charge in [-0.25, -0.2) is 0 Å². The van der Waals surface area contributed by atoms with E-state index in [0.29, 0.717) is 11.3 Å². The lowest BCUT2D eigenvalue weighted by molar-refractivity contribution is -0.314. The molecular weight excluding hydrogens is 282 g/mol. The summed E-state index contributed by atoms with van der Waals surface area (Å²) < 4.78 is 0. The van der Waals surface area contributed by atoms with E-state index >= 15 is 0 Å². The molecule has 2 aliphatic rings. The van der Waals surface area contributed by atoms with Gasteiger partial charge in [0.25, 0.3) is 0 Å². The van der Waals surface area contributed by atoms with Crippen molar-refractivity contribution in [2.24, 2.45) is 23.7 Å². The fourth-order valence-electron chi connectivity index (χ4n) is 4.05. The highest BCUT2D eigenvalue weighted by Crippen LogP contribution is 2.52. The van der Waals surface area contributed by atoms with Crippen LogP contribution < -0.4 is 10.4 Å². The van der Waals surface area contributed by atoms with Gasteiger partial charge >= 0.3 is 0 Å². The maximum absolute atomic E-state index is 12.5. The molecule has 2 saturated carbocycles. The van der Waals surface area contributed by atoms with E-state index in [9.17, 15) is 19.5 Å². The second-order valence-corrected chi connectivity index (χ2v) is 6.33. The molecular formula is C17H18NO4-. The zero-order valence-electron chi connectivity index (χ0n) is 12.4. The van der Waals surface area contributed by atoms with Crippen molar-refractivity contribution in [3.8, 4) is 0 Å². The number of amides is 1. The molecule has 2 fully saturated rings. The number of ketones is 1. The van der Waals surface area contributed by atoms with Crippen molar-refractivity contribution in [2.75, 3.05) is 5.32 Å². The van der Waals surface area contributed by atoms with Crippen LogP contribution in [-0.2, 0) is 9.59 Å². The van der Waals surface area contributed by atoms with Gasteiger partial charge in [0.1, 0.15) is 0 Å². The number of anilines is 1. The Balaban J connectivity index is 1.78. The summed E-state index contributed by atoms with van der Waals surface area (Å²) in [6, 6.07) is 6.69. The predicted molar refractivity (Wildman–Crippen MR) is 77.9 cm³/mol. The summed E-state index contributed by atoms with van der Waals surface area (Å²) in [5, 5.41) is 14.1. The standard InChI is InChI=1S/C17H19NO4/c1-9(19)10-3-2-4-13(8-10)18-16(20)14-11-5-6-12(7-11)15(14)17(21)22/h2-4,8,11-12,14-15H,5-7H2,1H3,(H,18,20)(H,21,22)/p-1. The minimum absolute atomic E-state index is 0.0642. The van der Waals surface area contributed by atoms with Gasteiger partial charge in [-0.15, -0.1) is 0 Å². The number of Topliss-reactive ketones (excluding diaryl/α,β-unsaturated/α-hetero) is 1. The van der Waals surface area contributed by atoms with Gasteiger partial charge in [-0.1, -0.05) is 12.1 Å². The first-order valence-electron chi connectivity index (χ1n) is 7.60. The van der Waals surface area contributed by atoms with Crippen molar-refractivity contribution < 1.29 is 19.5 Å². The zero-order chi connectivity index (χ0) is 15.9. The van der Waals surface area contributed by atoms with E-state index in [1.54, 1.807) is 24.3 Å². The Hall–Kier alpha value is -2.17. The smallest absolute Gasteiger partial charge is 0.228 e. The van der Waals surface area contributed by atoms with E-state index in [0.717, 1.165) is 19.3 Å². The maximum atomic E-state index is 12.5. The van der Waals surface area contributed by atoms with Gasteiger partial charge in [0.2, 0.25) is 5.91 Å². The molecule has 5 nitrogen and oxygen atoms in total. The third kappa shape index (κ3) is 2.51. The molecule has 0 saturated heterocycles. The molecule has 1 amide bonds. The number of rotatable bonds is 4. The lowest BCUT2D eigenvalue weighted by atomic mass is 9.78. The number of carboxylic acids is 1. The first-order chi connectivity index (χ1) is 10.5. The number of aliphatic carboxylic acids is 1. The van der Waals surface area contributed by atoms with Crippen molar-refractivity contribution in [3.63, 3.8) is 0 Å². The average Bonchev–Trinajstić information content (AvgIpc) is 3.07. The van der Waals surface area contributed by atoms with Crippen molar-refractivity contribution in [1.82, 2.24) is 0 Å². The molecule has 1 aromatic carbocycles. The maximum Gasteiger partial charge on any atom is 0.228 e. The third-order valence-electron chi connectivity index (χ3n) is 5.03. The van der Waals surface area contributed by atoms with Crippen molar-refractivity contribution >= 4 is 23.3 Å². The van der Waals surface area contributed by atoms with Gasteiger partial charge in [0.05, 0.1) is 0 Å². The van der Waals surface area contributed by atoms with Gasteiger partial charge in [-0.2, -0.15) is 0 Å². The summed E-state index contributed by atoms with van der Waals surface area (Å²) in [4.78, 5) is 35.3. The minimum Gasteiger partial charge on any atom is -0.550 e. The van der Waals surface area contributed by atoms with E-state index in [-0.39, 0.29) is 23.5 Å². The average molecular weight is 300 g/mol. The van der Waals surface area contributed by atoms with E-state index < -0.39 is 17.8 Å². The number of carbonyl (C=O) groups is 3. The molecule has 0 radical (unpaired) electrons. The van der Waals surface area contributed by atoms with Crippen molar-refractivity contribution in [1.29, 1.82) is 0 Å². The Labute approximate surface area is 128 Å². The highest BCUT2D eigenvalue weighted by atomic mass is 16.4. The highest BCUT2D eigenvalue weighted by Gasteiger charge is 2.51. The van der Waals surface area contributed by atoms with Crippen LogP contribution in [0.1, 0.15) is 36.5 Å². The lowest BCUT2D eigenvalue weighted by Gasteiger charge is -2.30. The van der Waals surface area contributed by atoms with E-state index in [1.165, 1.54) is 6.92 Å². The second-order valence-electron chi connectivity index (χ2n) is 6.33. The van der Waals surface area contributed by atoms with E-state index in [2.05, 4.69) is 5.32 Å². The Kier molecular flexibility index (Phi) is 3.72. The number of hydrogen-bond donors (Lipinski definition) is 1. The molecule has 1 aromatic rings. The summed E-state index contributed by atoms with van der Waals surface area (Å²) >= 11 is 0. The summed E-state index contributed by atoms with van der Waals surface area (Å²) in [6.45, 7) is 1.46. The number of benzene rings is 1. The molecule has 5 heteroatoms. The Morgan fingerprint density at radius 3 is 2.45 bits per heavy atom. The molecule has 2 aliphatic carbocycles. The van der Waals surface area contributed by atoms with E-state index in [4.69, 9.17) is 0 Å². The number of nitrogens with one attached hydrogen (secondary N) is 1. The van der Waals surface area contributed by atoms with Crippen LogP contribution in [0.3, 0.4) is 0 Å².